The molecule has 132 valence electrons. The highest BCUT2D eigenvalue weighted by Gasteiger charge is 2.20. The molecule has 0 bridgehead atoms. The molecule has 0 unspecified atom stereocenters. The fraction of sp³-hybridized carbons (Fsp3) is 0. The van der Waals surface area contributed by atoms with Crippen molar-refractivity contribution in [3.8, 4) is 22.0 Å². The van der Waals surface area contributed by atoms with Crippen molar-refractivity contribution in [1.29, 1.82) is 0 Å². The standard InChI is InChI=1S/C19H11N3O4S/c23-19(24)14-9-13-12(7-4-8-16(13)22(25)26)17(20-14)18-21-15(10-27-18)11-5-2-1-3-6-11/h1-10H,(H,23,24). The van der Waals surface area contributed by atoms with Gasteiger partial charge in [-0.1, -0.05) is 42.5 Å². The normalized spacial score (nSPS) is 10.8. The van der Waals surface area contributed by atoms with Crippen LogP contribution in [0.2, 0.25) is 0 Å². The fourth-order valence-electron chi connectivity index (χ4n) is 2.82. The number of carbonyl (C=O) groups is 1. The minimum atomic E-state index is -1.25. The van der Waals surface area contributed by atoms with Crippen molar-refractivity contribution in [2.24, 2.45) is 0 Å². The minimum absolute atomic E-state index is 0.168. The van der Waals surface area contributed by atoms with Crippen molar-refractivity contribution in [3.05, 3.63) is 75.8 Å². The SMILES string of the molecule is O=C(O)c1cc2c([N+](=O)[O-])cccc2c(-c2nc(-c3ccccc3)cs2)n1. The average Bonchev–Trinajstić information content (AvgIpc) is 3.17. The molecule has 0 saturated carbocycles. The van der Waals surface area contributed by atoms with Crippen LogP contribution in [0.25, 0.3) is 32.7 Å². The van der Waals surface area contributed by atoms with Crippen LogP contribution in [0, 0.1) is 10.1 Å². The largest absolute Gasteiger partial charge is 0.477 e. The number of nitrogens with zero attached hydrogens (tertiary/aromatic N) is 3. The summed E-state index contributed by atoms with van der Waals surface area (Å²) in [6.07, 6.45) is 0. The Labute approximate surface area is 156 Å². The van der Waals surface area contributed by atoms with Crippen LogP contribution in [-0.4, -0.2) is 26.0 Å². The predicted octanol–water partition coefficient (Wildman–Crippen LogP) is 4.63. The zero-order valence-electron chi connectivity index (χ0n) is 13.7. The van der Waals surface area contributed by atoms with Crippen LogP contribution in [0.15, 0.2) is 60.0 Å². The Bertz CT molecular complexity index is 1190. The quantitative estimate of drug-likeness (QED) is 0.410. The van der Waals surface area contributed by atoms with E-state index in [-0.39, 0.29) is 16.8 Å². The second-order valence-electron chi connectivity index (χ2n) is 5.69. The number of thiazole rings is 1. The number of carboxylic acids is 1. The van der Waals surface area contributed by atoms with Gasteiger partial charge in [-0.25, -0.2) is 14.8 Å². The average molecular weight is 377 g/mol. The highest BCUT2D eigenvalue weighted by Crippen LogP contribution is 2.35. The van der Waals surface area contributed by atoms with Gasteiger partial charge in [0.2, 0.25) is 0 Å². The van der Waals surface area contributed by atoms with Gasteiger partial charge in [0.05, 0.1) is 16.0 Å². The van der Waals surface area contributed by atoms with Crippen molar-refractivity contribution in [2.75, 3.05) is 0 Å². The van der Waals surface area contributed by atoms with Gasteiger partial charge in [0.25, 0.3) is 5.69 Å². The molecule has 0 radical (unpaired) electrons. The Kier molecular flexibility index (Phi) is 4.09. The first-order valence-corrected chi connectivity index (χ1v) is 8.75. The molecule has 8 heteroatoms. The van der Waals surface area contributed by atoms with E-state index < -0.39 is 10.9 Å². The molecule has 0 aliphatic heterocycles. The van der Waals surface area contributed by atoms with Gasteiger partial charge in [0, 0.05) is 22.4 Å². The molecule has 4 rings (SSSR count). The van der Waals surface area contributed by atoms with Crippen LogP contribution in [0.3, 0.4) is 0 Å². The molecule has 1 N–H and O–H groups in total. The van der Waals surface area contributed by atoms with Crippen molar-refractivity contribution in [3.63, 3.8) is 0 Å². The molecule has 4 aromatic rings. The van der Waals surface area contributed by atoms with E-state index in [0.717, 1.165) is 11.3 Å². The van der Waals surface area contributed by atoms with E-state index in [0.29, 0.717) is 16.1 Å². The van der Waals surface area contributed by atoms with Gasteiger partial charge in [-0.15, -0.1) is 11.3 Å². The van der Waals surface area contributed by atoms with Gasteiger partial charge in [-0.2, -0.15) is 0 Å². The topological polar surface area (TPSA) is 106 Å². The molecule has 0 amide bonds. The monoisotopic (exact) mass is 377 g/mol. The van der Waals surface area contributed by atoms with E-state index >= 15 is 0 Å². The van der Waals surface area contributed by atoms with Gasteiger partial charge >= 0.3 is 5.97 Å². The Hall–Kier alpha value is -3.65. The lowest BCUT2D eigenvalue weighted by atomic mass is 10.1. The second-order valence-corrected chi connectivity index (χ2v) is 6.55. The van der Waals surface area contributed by atoms with Crippen molar-refractivity contribution < 1.29 is 14.8 Å². The molecule has 0 aliphatic carbocycles. The smallest absolute Gasteiger partial charge is 0.354 e. The molecule has 0 saturated heterocycles. The number of carboxylic acid groups (broad SMARTS) is 1. The summed E-state index contributed by atoms with van der Waals surface area (Å²) in [5, 5.41) is 23.8. The lowest BCUT2D eigenvalue weighted by molar-refractivity contribution is -0.383. The van der Waals surface area contributed by atoms with E-state index in [1.807, 2.05) is 35.7 Å². The molecule has 0 atom stereocenters. The van der Waals surface area contributed by atoms with E-state index in [1.165, 1.54) is 23.5 Å². The number of hydrogen-bond donors (Lipinski definition) is 1. The lowest BCUT2D eigenvalue weighted by Gasteiger charge is -2.06. The zero-order chi connectivity index (χ0) is 19.0. The maximum Gasteiger partial charge on any atom is 0.354 e. The van der Waals surface area contributed by atoms with Crippen molar-refractivity contribution >= 4 is 33.8 Å². The van der Waals surface area contributed by atoms with Gasteiger partial charge in [-0.05, 0) is 6.07 Å². The summed E-state index contributed by atoms with van der Waals surface area (Å²) < 4.78 is 0. The number of benzene rings is 2. The molecular weight excluding hydrogens is 366 g/mol. The van der Waals surface area contributed by atoms with E-state index in [9.17, 15) is 20.0 Å². The zero-order valence-corrected chi connectivity index (χ0v) is 14.5. The number of fused-ring (bicyclic) bond motifs is 1. The first-order valence-electron chi connectivity index (χ1n) is 7.87. The Morgan fingerprint density at radius 3 is 2.52 bits per heavy atom. The molecular formula is C19H11N3O4S. The number of aromatic carboxylic acids is 1. The molecule has 0 spiro atoms. The molecule has 7 nitrogen and oxygen atoms in total. The summed E-state index contributed by atoms with van der Waals surface area (Å²) in [6, 6.07) is 15.3. The number of nitro benzene ring substituents is 1. The third-order valence-electron chi connectivity index (χ3n) is 4.04. The van der Waals surface area contributed by atoms with Gasteiger partial charge in [0.1, 0.15) is 16.4 Å². The number of non-ortho nitro benzene ring substituents is 1. The van der Waals surface area contributed by atoms with E-state index in [2.05, 4.69) is 9.97 Å². The molecule has 2 heterocycles. The van der Waals surface area contributed by atoms with E-state index in [1.54, 1.807) is 12.1 Å². The molecule has 2 aromatic carbocycles. The predicted molar refractivity (Wildman–Crippen MR) is 102 cm³/mol. The number of pyridine rings is 1. The number of rotatable bonds is 4. The van der Waals surface area contributed by atoms with Crippen LogP contribution in [0.5, 0.6) is 0 Å². The number of aromatic nitrogens is 2. The summed E-state index contributed by atoms with van der Waals surface area (Å²) >= 11 is 1.31. The summed E-state index contributed by atoms with van der Waals surface area (Å²) in [7, 11) is 0. The molecule has 27 heavy (non-hydrogen) atoms. The van der Waals surface area contributed by atoms with Crippen LogP contribution >= 0.6 is 11.3 Å². The maximum atomic E-state index is 11.5. The van der Waals surface area contributed by atoms with Gasteiger partial charge in [0.15, 0.2) is 0 Å². The summed E-state index contributed by atoms with van der Waals surface area (Å²) in [5.41, 5.74) is 1.55. The maximum absolute atomic E-state index is 11.5. The van der Waals surface area contributed by atoms with Crippen LogP contribution in [0.4, 0.5) is 5.69 Å². The first kappa shape index (κ1) is 16.8. The molecule has 0 aliphatic rings. The summed E-state index contributed by atoms with van der Waals surface area (Å²) in [4.78, 5) is 31.1. The molecule has 2 aromatic heterocycles. The highest BCUT2D eigenvalue weighted by atomic mass is 32.1. The van der Waals surface area contributed by atoms with Gasteiger partial charge in [-0.3, -0.25) is 10.1 Å². The summed E-state index contributed by atoms with van der Waals surface area (Å²) in [5.74, 6) is -1.25. The van der Waals surface area contributed by atoms with Crippen LogP contribution < -0.4 is 0 Å². The van der Waals surface area contributed by atoms with Gasteiger partial charge < -0.3 is 5.11 Å². The van der Waals surface area contributed by atoms with Crippen molar-refractivity contribution in [1.82, 2.24) is 9.97 Å². The lowest BCUT2D eigenvalue weighted by Crippen LogP contribution is -2.03. The third kappa shape index (κ3) is 3.02. The number of nitro groups is 1. The highest BCUT2D eigenvalue weighted by molar-refractivity contribution is 7.13. The molecule has 0 fully saturated rings. The number of hydrogen-bond acceptors (Lipinski definition) is 6. The Balaban J connectivity index is 1.96. The Morgan fingerprint density at radius 1 is 1.04 bits per heavy atom. The van der Waals surface area contributed by atoms with Crippen LogP contribution in [-0.2, 0) is 0 Å². The second kappa shape index (κ2) is 6.58. The first-order chi connectivity index (χ1) is 13.0. The minimum Gasteiger partial charge on any atom is -0.477 e. The Morgan fingerprint density at radius 2 is 1.81 bits per heavy atom. The fourth-order valence-corrected chi connectivity index (χ4v) is 3.65. The van der Waals surface area contributed by atoms with Crippen molar-refractivity contribution in [2.45, 2.75) is 0 Å². The van der Waals surface area contributed by atoms with Crippen LogP contribution in [0.1, 0.15) is 10.5 Å². The van der Waals surface area contributed by atoms with E-state index in [4.69, 9.17) is 0 Å². The summed E-state index contributed by atoms with van der Waals surface area (Å²) in [6.45, 7) is 0. The third-order valence-corrected chi connectivity index (χ3v) is 4.89.